The van der Waals surface area contributed by atoms with E-state index in [0.717, 1.165) is 54.1 Å². The molecule has 3 atom stereocenters. The molecule has 7 nitrogen and oxygen atoms in total. The van der Waals surface area contributed by atoms with Gasteiger partial charge in [0.2, 0.25) is 5.88 Å². The lowest BCUT2D eigenvalue weighted by atomic mass is 9.98. The summed E-state index contributed by atoms with van der Waals surface area (Å²) in [7, 11) is 1.61. The number of amides is 1. The number of rotatable bonds is 4. The van der Waals surface area contributed by atoms with Crippen molar-refractivity contribution in [1.29, 1.82) is 0 Å². The largest absolute Gasteiger partial charge is 0.489 e. The third kappa shape index (κ3) is 2.85. The molecule has 7 heteroatoms. The first kappa shape index (κ1) is 17.3. The molecule has 1 N–H and O–H groups in total. The summed E-state index contributed by atoms with van der Waals surface area (Å²) < 4.78 is 11.3. The Kier molecular flexibility index (Phi) is 4.10. The van der Waals surface area contributed by atoms with E-state index in [1.165, 1.54) is 0 Å². The molecular weight excluding hydrogens is 356 g/mol. The highest BCUT2D eigenvalue weighted by atomic mass is 16.5. The van der Waals surface area contributed by atoms with E-state index in [1.54, 1.807) is 13.3 Å². The lowest BCUT2D eigenvalue weighted by molar-refractivity contribution is 0.0965. The zero-order valence-electron chi connectivity index (χ0n) is 16.1. The number of carbonyl (C=O) groups is 1. The van der Waals surface area contributed by atoms with Gasteiger partial charge in [0.15, 0.2) is 0 Å². The molecule has 146 valence electrons. The maximum absolute atomic E-state index is 11.9. The first-order valence-electron chi connectivity index (χ1n) is 9.86. The third-order valence-electron chi connectivity index (χ3n) is 6.08. The van der Waals surface area contributed by atoms with Crippen molar-refractivity contribution in [2.45, 2.75) is 57.3 Å². The summed E-state index contributed by atoms with van der Waals surface area (Å²) in [5.74, 6) is 2.40. The molecule has 3 aliphatic rings. The quantitative estimate of drug-likeness (QED) is 0.879. The summed E-state index contributed by atoms with van der Waals surface area (Å²) in [6, 6.07) is 6.57. The third-order valence-corrected chi connectivity index (χ3v) is 6.08. The Labute approximate surface area is 164 Å². The smallest absolute Gasteiger partial charge is 0.253 e. The van der Waals surface area contributed by atoms with Crippen LogP contribution < -0.4 is 19.7 Å². The van der Waals surface area contributed by atoms with Crippen molar-refractivity contribution in [2.75, 3.05) is 12.0 Å². The number of aromatic nitrogens is 2. The van der Waals surface area contributed by atoms with Gasteiger partial charge in [0.25, 0.3) is 5.91 Å². The Bertz CT molecular complexity index is 901. The summed E-state index contributed by atoms with van der Waals surface area (Å²) in [5, 5.41) is 2.87. The SMILES string of the molecule is COc1ccc(OC2C[C@H]3CC[C@@H](C2)N3c2nc3c(cc2C)C(=O)NC3)cn1. The molecule has 0 aliphatic carbocycles. The van der Waals surface area contributed by atoms with E-state index in [9.17, 15) is 4.79 Å². The highest BCUT2D eigenvalue weighted by Gasteiger charge is 2.43. The molecule has 2 aromatic heterocycles. The average Bonchev–Trinajstić information content (AvgIpc) is 3.18. The molecule has 0 spiro atoms. The van der Waals surface area contributed by atoms with Crippen LogP contribution in [0.1, 0.15) is 47.3 Å². The summed E-state index contributed by atoms with van der Waals surface area (Å²) >= 11 is 0. The minimum atomic E-state index is -0.0136. The van der Waals surface area contributed by atoms with Gasteiger partial charge in [-0.1, -0.05) is 0 Å². The molecule has 3 aliphatic heterocycles. The standard InChI is InChI=1S/C21H24N4O3/c1-12-7-17-18(11-23-21(17)26)24-20(12)25-13-3-4-14(25)9-16(8-13)28-15-5-6-19(27-2)22-10-15/h5-7,10,13-14,16H,3-4,8-9,11H2,1-2H3,(H,23,26)/t13-,14+,16?. The molecule has 2 aromatic rings. The maximum Gasteiger partial charge on any atom is 0.253 e. The van der Waals surface area contributed by atoms with Crippen LogP contribution >= 0.6 is 0 Å². The number of fused-ring (bicyclic) bond motifs is 3. The zero-order valence-corrected chi connectivity index (χ0v) is 16.1. The molecule has 2 fully saturated rings. The molecule has 0 radical (unpaired) electrons. The van der Waals surface area contributed by atoms with E-state index in [1.807, 2.05) is 18.2 Å². The van der Waals surface area contributed by atoms with Crippen molar-refractivity contribution in [2.24, 2.45) is 0 Å². The first-order chi connectivity index (χ1) is 13.6. The number of pyridine rings is 2. The lowest BCUT2D eigenvalue weighted by Crippen LogP contribution is -2.47. The highest BCUT2D eigenvalue weighted by molar-refractivity contribution is 5.98. The molecule has 2 saturated heterocycles. The van der Waals surface area contributed by atoms with Gasteiger partial charge in [0.1, 0.15) is 17.7 Å². The average molecular weight is 380 g/mol. The predicted octanol–water partition coefficient (Wildman–Crippen LogP) is 2.62. The number of hydrogen-bond acceptors (Lipinski definition) is 6. The van der Waals surface area contributed by atoms with Crippen molar-refractivity contribution in [3.63, 3.8) is 0 Å². The summed E-state index contributed by atoms with van der Waals surface area (Å²) in [5.41, 5.74) is 2.66. The van der Waals surface area contributed by atoms with Crippen molar-refractivity contribution in [1.82, 2.24) is 15.3 Å². The van der Waals surface area contributed by atoms with Gasteiger partial charge in [-0.3, -0.25) is 4.79 Å². The molecular formula is C21H24N4O3. The molecule has 2 bridgehead atoms. The molecule has 5 heterocycles. The molecule has 28 heavy (non-hydrogen) atoms. The highest BCUT2D eigenvalue weighted by Crippen LogP contribution is 2.41. The lowest BCUT2D eigenvalue weighted by Gasteiger charge is -2.40. The summed E-state index contributed by atoms with van der Waals surface area (Å²) in [6.45, 7) is 2.58. The van der Waals surface area contributed by atoms with Gasteiger partial charge in [-0.25, -0.2) is 9.97 Å². The van der Waals surface area contributed by atoms with Crippen LogP contribution in [0.3, 0.4) is 0 Å². The maximum atomic E-state index is 11.9. The molecule has 0 saturated carbocycles. The predicted molar refractivity (Wildman–Crippen MR) is 104 cm³/mol. The number of methoxy groups -OCH3 is 1. The van der Waals surface area contributed by atoms with Gasteiger partial charge < -0.3 is 19.7 Å². The van der Waals surface area contributed by atoms with Gasteiger partial charge in [-0.2, -0.15) is 0 Å². The number of nitrogens with one attached hydrogen (secondary N) is 1. The van der Waals surface area contributed by atoms with Crippen LogP contribution in [0.5, 0.6) is 11.6 Å². The molecule has 1 amide bonds. The Morgan fingerprint density at radius 1 is 1.21 bits per heavy atom. The van der Waals surface area contributed by atoms with Gasteiger partial charge in [-0.05, 0) is 37.5 Å². The van der Waals surface area contributed by atoms with E-state index < -0.39 is 0 Å². The molecule has 1 unspecified atom stereocenters. The van der Waals surface area contributed by atoms with Gasteiger partial charge in [-0.15, -0.1) is 0 Å². The number of piperidine rings is 1. The number of hydrogen-bond donors (Lipinski definition) is 1. The minimum Gasteiger partial charge on any atom is -0.489 e. The van der Waals surface area contributed by atoms with E-state index in [4.69, 9.17) is 14.5 Å². The Morgan fingerprint density at radius 3 is 2.68 bits per heavy atom. The second kappa shape index (κ2) is 6.65. The van der Waals surface area contributed by atoms with Crippen LogP contribution in [-0.4, -0.2) is 41.2 Å². The number of carbonyl (C=O) groups excluding carboxylic acids is 1. The van der Waals surface area contributed by atoms with Crippen LogP contribution in [0, 0.1) is 6.92 Å². The van der Waals surface area contributed by atoms with E-state index in [-0.39, 0.29) is 12.0 Å². The second-order valence-electron chi connectivity index (χ2n) is 7.85. The molecule has 5 rings (SSSR count). The van der Waals surface area contributed by atoms with Crippen LogP contribution in [0.15, 0.2) is 24.4 Å². The van der Waals surface area contributed by atoms with Crippen molar-refractivity contribution < 1.29 is 14.3 Å². The first-order valence-corrected chi connectivity index (χ1v) is 9.86. The van der Waals surface area contributed by atoms with Crippen molar-refractivity contribution in [3.05, 3.63) is 41.2 Å². The Balaban J connectivity index is 1.34. The number of aryl methyl sites for hydroxylation is 1. The van der Waals surface area contributed by atoms with E-state index in [0.29, 0.717) is 24.5 Å². The zero-order chi connectivity index (χ0) is 19.3. The van der Waals surface area contributed by atoms with E-state index >= 15 is 0 Å². The van der Waals surface area contributed by atoms with Gasteiger partial charge in [0.05, 0.1) is 31.1 Å². The second-order valence-corrected chi connectivity index (χ2v) is 7.85. The fourth-order valence-corrected chi connectivity index (χ4v) is 4.81. The van der Waals surface area contributed by atoms with Gasteiger partial charge >= 0.3 is 0 Å². The minimum absolute atomic E-state index is 0.0136. The Hall–Kier alpha value is -2.83. The Morgan fingerprint density at radius 2 is 2.00 bits per heavy atom. The topological polar surface area (TPSA) is 76.6 Å². The van der Waals surface area contributed by atoms with Crippen LogP contribution in [-0.2, 0) is 6.54 Å². The monoisotopic (exact) mass is 380 g/mol. The normalized spacial score (nSPS) is 25.4. The van der Waals surface area contributed by atoms with Crippen molar-refractivity contribution >= 4 is 11.7 Å². The fourth-order valence-electron chi connectivity index (χ4n) is 4.81. The number of ether oxygens (including phenoxy) is 2. The number of anilines is 1. The fraction of sp³-hybridized carbons (Fsp3) is 0.476. The van der Waals surface area contributed by atoms with Crippen molar-refractivity contribution in [3.8, 4) is 11.6 Å². The van der Waals surface area contributed by atoms with Crippen LogP contribution in [0.2, 0.25) is 0 Å². The summed E-state index contributed by atoms with van der Waals surface area (Å²) in [6.07, 6.45) is 6.16. The van der Waals surface area contributed by atoms with Gasteiger partial charge in [0, 0.05) is 31.0 Å². The van der Waals surface area contributed by atoms with Crippen LogP contribution in [0.4, 0.5) is 5.82 Å². The van der Waals surface area contributed by atoms with E-state index in [2.05, 4.69) is 22.1 Å². The molecule has 0 aromatic carbocycles. The van der Waals surface area contributed by atoms with Crippen LogP contribution in [0.25, 0.3) is 0 Å². The number of nitrogens with zero attached hydrogens (tertiary/aromatic N) is 3. The summed E-state index contributed by atoms with van der Waals surface area (Å²) in [4.78, 5) is 23.5.